The molecule has 2 N–H and O–H groups in total. The van der Waals surface area contributed by atoms with Crippen molar-refractivity contribution in [2.24, 2.45) is 0 Å². The lowest BCUT2D eigenvalue weighted by molar-refractivity contribution is -0.114. The van der Waals surface area contributed by atoms with E-state index in [0.717, 1.165) is 11.3 Å². The molecule has 0 bridgehead atoms. The molecule has 0 saturated heterocycles. The molecule has 8 heteroatoms. The summed E-state index contributed by atoms with van der Waals surface area (Å²) in [5, 5.41) is 8.92. The number of aromatic nitrogens is 1. The van der Waals surface area contributed by atoms with Gasteiger partial charge < -0.3 is 19.9 Å². The standard InChI is InChI=1S/C21H20FN3O4/c1-12-18(13(2)29-25-12)11-28-17-7-4-15(5-8-17)21(27)24-20-10-16(23-14(3)26)6-9-19(20)22/h4-10H,11H2,1-3H3,(H,23,26)(H,24,27). The van der Waals surface area contributed by atoms with Gasteiger partial charge in [-0.05, 0) is 56.3 Å². The second kappa shape index (κ2) is 8.55. The Labute approximate surface area is 166 Å². The van der Waals surface area contributed by atoms with Gasteiger partial charge in [0.1, 0.15) is 23.9 Å². The molecule has 1 heterocycles. The summed E-state index contributed by atoms with van der Waals surface area (Å²) in [6.45, 7) is 5.29. The Morgan fingerprint density at radius 1 is 1.10 bits per heavy atom. The van der Waals surface area contributed by atoms with E-state index in [9.17, 15) is 14.0 Å². The zero-order chi connectivity index (χ0) is 21.0. The molecular formula is C21H20FN3O4. The first kappa shape index (κ1) is 20.1. The van der Waals surface area contributed by atoms with Gasteiger partial charge >= 0.3 is 0 Å². The minimum Gasteiger partial charge on any atom is -0.489 e. The lowest BCUT2D eigenvalue weighted by Gasteiger charge is -2.10. The highest BCUT2D eigenvalue weighted by molar-refractivity contribution is 6.04. The van der Waals surface area contributed by atoms with Crippen molar-refractivity contribution < 1.29 is 23.2 Å². The van der Waals surface area contributed by atoms with E-state index in [1.807, 2.05) is 13.8 Å². The third kappa shape index (κ3) is 4.98. The maximum absolute atomic E-state index is 14.0. The molecular weight excluding hydrogens is 377 g/mol. The predicted octanol–water partition coefficient (Wildman–Crippen LogP) is 4.22. The van der Waals surface area contributed by atoms with E-state index in [1.165, 1.54) is 25.1 Å². The molecule has 0 atom stereocenters. The van der Waals surface area contributed by atoms with Crippen LogP contribution >= 0.6 is 0 Å². The molecule has 29 heavy (non-hydrogen) atoms. The lowest BCUT2D eigenvalue weighted by atomic mass is 10.2. The van der Waals surface area contributed by atoms with E-state index in [1.54, 1.807) is 24.3 Å². The average Bonchev–Trinajstić information content (AvgIpc) is 3.00. The summed E-state index contributed by atoms with van der Waals surface area (Å²) in [4.78, 5) is 23.6. The Hall–Kier alpha value is -3.68. The third-order valence-corrected chi connectivity index (χ3v) is 4.22. The summed E-state index contributed by atoms with van der Waals surface area (Å²) in [6.07, 6.45) is 0. The van der Waals surface area contributed by atoms with Crippen molar-refractivity contribution in [1.29, 1.82) is 0 Å². The maximum Gasteiger partial charge on any atom is 0.255 e. The van der Waals surface area contributed by atoms with E-state index in [4.69, 9.17) is 9.26 Å². The van der Waals surface area contributed by atoms with E-state index in [-0.39, 0.29) is 11.6 Å². The van der Waals surface area contributed by atoms with Crippen molar-refractivity contribution in [1.82, 2.24) is 5.16 Å². The number of carbonyl (C=O) groups excluding carboxylic acids is 2. The number of nitrogens with zero attached hydrogens (tertiary/aromatic N) is 1. The van der Waals surface area contributed by atoms with Crippen molar-refractivity contribution in [2.75, 3.05) is 10.6 Å². The Balaban J connectivity index is 1.65. The largest absolute Gasteiger partial charge is 0.489 e. The van der Waals surface area contributed by atoms with Crippen molar-refractivity contribution in [2.45, 2.75) is 27.4 Å². The SMILES string of the molecule is CC(=O)Nc1ccc(F)c(NC(=O)c2ccc(OCc3c(C)noc3C)cc2)c1. The van der Waals surface area contributed by atoms with Gasteiger partial charge in [-0.15, -0.1) is 0 Å². The summed E-state index contributed by atoms with van der Waals surface area (Å²) < 4.78 is 24.8. The molecule has 0 aliphatic carbocycles. The fourth-order valence-electron chi connectivity index (χ4n) is 2.66. The van der Waals surface area contributed by atoms with Gasteiger partial charge in [0.25, 0.3) is 5.91 Å². The number of nitrogens with one attached hydrogen (secondary N) is 2. The molecule has 0 aliphatic heterocycles. The van der Waals surface area contributed by atoms with E-state index in [0.29, 0.717) is 29.4 Å². The van der Waals surface area contributed by atoms with Crippen molar-refractivity contribution in [3.63, 3.8) is 0 Å². The molecule has 0 aliphatic rings. The smallest absolute Gasteiger partial charge is 0.255 e. The fourth-order valence-corrected chi connectivity index (χ4v) is 2.66. The Kier molecular flexibility index (Phi) is 5.92. The van der Waals surface area contributed by atoms with Crippen LogP contribution < -0.4 is 15.4 Å². The molecule has 0 radical (unpaired) electrons. The van der Waals surface area contributed by atoms with Crippen molar-refractivity contribution in [3.05, 3.63) is 70.9 Å². The quantitative estimate of drug-likeness (QED) is 0.650. The van der Waals surface area contributed by atoms with Gasteiger partial charge in [-0.25, -0.2) is 4.39 Å². The van der Waals surface area contributed by atoms with Crippen LogP contribution in [0.25, 0.3) is 0 Å². The number of hydrogen-bond donors (Lipinski definition) is 2. The van der Waals surface area contributed by atoms with Crippen LogP contribution in [0.1, 0.15) is 34.3 Å². The van der Waals surface area contributed by atoms with Gasteiger partial charge in [0.05, 0.1) is 16.9 Å². The van der Waals surface area contributed by atoms with Crippen LogP contribution in [-0.2, 0) is 11.4 Å². The van der Waals surface area contributed by atoms with Crippen LogP contribution in [-0.4, -0.2) is 17.0 Å². The monoisotopic (exact) mass is 397 g/mol. The van der Waals surface area contributed by atoms with Crippen LogP contribution in [0.3, 0.4) is 0 Å². The molecule has 0 spiro atoms. The van der Waals surface area contributed by atoms with E-state index in [2.05, 4.69) is 15.8 Å². The van der Waals surface area contributed by atoms with Gasteiger partial charge in [-0.3, -0.25) is 9.59 Å². The van der Waals surface area contributed by atoms with Gasteiger partial charge in [-0.1, -0.05) is 5.16 Å². The molecule has 7 nitrogen and oxygen atoms in total. The molecule has 150 valence electrons. The summed E-state index contributed by atoms with van der Waals surface area (Å²) in [5.74, 6) is -0.114. The Morgan fingerprint density at radius 3 is 2.45 bits per heavy atom. The van der Waals surface area contributed by atoms with Crippen LogP contribution in [0, 0.1) is 19.7 Å². The molecule has 2 aromatic carbocycles. The Bertz CT molecular complexity index is 1030. The first-order valence-electron chi connectivity index (χ1n) is 8.86. The number of aryl methyl sites for hydroxylation is 2. The molecule has 1 aromatic heterocycles. The van der Waals surface area contributed by atoms with Crippen LogP contribution in [0.5, 0.6) is 5.75 Å². The highest BCUT2D eigenvalue weighted by atomic mass is 19.1. The number of ether oxygens (including phenoxy) is 1. The topological polar surface area (TPSA) is 93.5 Å². The molecule has 0 unspecified atom stereocenters. The van der Waals surface area contributed by atoms with Gasteiger partial charge in [0, 0.05) is 18.2 Å². The summed E-state index contributed by atoms with van der Waals surface area (Å²) in [7, 11) is 0. The number of rotatable bonds is 6. The summed E-state index contributed by atoms with van der Waals surface area (Å²) in [6, 6.07) is 10.4. The molecule has 0 saturated carbocycles. The summed E-state index contributed by atoms with van der Waals surface area (Å²) >= 11 is 0. The van der Waals surface area contributed by atoms with E-state index >= 15 is 0 Å². The number of hydrogen-bond acceptors (Lipinski definition) is 5. The van der Waals surface area contributed by atoms with Crippen molar-refractivity contribution >= 4 is 23.2 Å². The minimum absolute atomic E-state index is 0.0278. The first-order chi connectivity index (χ1) is 13.8. The maximum atomic E-state index is 14.0. The Morgan fingerprint density at radius 2 is 1.83 bits per heavy atom. The van der Waals surface area contributed by atoms with Crippen LogP contribution in [0.15, 0.2) is 47.0 Å². The number of anilines is 2. The van der Waals surface area contributed by atoms with Crippen molar-refractivity contribution in [3.8, 4) is 5.75 Å². The number of halogens is 1. The van der Waals surface area contributed by atoms with Gasteiger partial charge in [0.2, 0.25) is 5.91 Å². The van der Waals surface area contributed by atoms with E-state index < -0.39 is 11.7 Å². The predicted molar refractivity (Wildman–Crippen MR) is 105 cm³/mol. The molecule has 2 amide bonds. The number of carbonyl (C=O) groups is 2. The molecule has 3 aromatic rings. The summed E-state index contributed by atoms with van der Waals surface area (Å²) in [5.41, 5.74) is 2.33. The normalized spacial score (nSPS) is 10.5. The van der Waals surface area contributed by atoms with Crippen LogP contribution in [0.2, 0.25) is 0 Å². The first-order valence-corrected chi connectivity index (χ1v) is 8.86. The fraction of sp³-hybridized carbons (Fsp3) is 0.190. The second-order valence-corrected chi connectivity index (χ2v) is 6.45. The lowest BCUT2D eigenvalue weighted by Crippen LogP contribution is -2.14. The number of benzene rings is 2. The minimum atomic E-state index is -0.605. The zero-order valence-electron chi connectivity index (χ0n) is 16.2. The highest BCUT2D eigenvalue weighted by Crippen LogP contribution is 2.22. The highest BCUT2D eigenvalue weighted by Gasteiger charge is 2.12. The van der Waals surface area contributed by atoms with Crippen LogP contribution in [0.4, 0.5) is 15.8 Å². The molecule has 0 fully saturated rings. The second-order valence-electron chi connectivity index (χ2n) is 6.45. The average molecular weight is 397 g/mol. The number of amides is 2. The van der Waals surface area contributed by atoms with Gasteiger partial charge in [-0.2, -0.15) is 0 Å². The molecule has 3 rings (SSSR count). The van der Waals surface area contributed by atoms with Gasteiger partial charge in [0.15, 0.2) is 0 Å². The third-order valence-electron chi connectivity index (χ3n) is 4.22. The zero-order valence-corrected chi connectivity index (χ0v) is 16.2.